The summed E-state index contributed by atoms with van der Waals surface area (Å²) >= 11 is 0. The summed E-state index contributed by atoms with van der Waals surface area (Å²) in [5.74, 6) is 0.801. The Kier molecular flexibility index (Phi) is 5.56. The van der Waals surface area contributed by atoms with Crippen LogP contribution in [-0.2, 0) is 21.9 Å². The lowest BCUT2D eigenvalue weighted by Gasteiger charge is -2.39. The SMILES string of the molecule is CC(C)c1ccc2c(c1)NC(=O)CN1CCN(S(=O)(=O)c3cnn(C)c3)C[C@H]1CO2. The number of hydrogen-bond acceptors (Lipinski definition) is 6. The Hall–Kier alpha value is -2.43. The number of sulfonamides is 1. The van der Waals surface area contributed by atoms with E-state index in [2.05, 4.69) is 24.3 Å². The van der Waals surface area contributed by atoms with E-state index in [1.165, 1.54) is 21.4 Å². The largest absolute Gasteiger partial charge is 0.490 e. The standard InChI is InChI=1S/C20H27N5O4S/c1-14(2)15-4-5-19-18(8-15)22-20(26)12-24-6-7-25(10-16(24)13-29-19)30(27,28)17-9-21-23(3)11-17/h4-5,8-9,11,14,16H,6-7,10,12-13H2,1-3H3,(H,22,26)/t16-/m0/s1. The summed E-state index contributed by atoms with van der Waals surface area (Å²) in [6, 6.07) is 5.58. The Labute approximate surface area is 176 Å². The number of benzene rings is 1. The monoisotopic (exact) mass is 433 g/mol. The molecule has 1 atom stereocenters. The van der Waals surface area contributed by atoms with Gasteiger partial charge in [0, 0.05) is 32.9 Å². The second kappa shape index (κ2) is 8.01. The molecule has 4 rings (SSSR count). The maximum Gasteiger partial charge on any atom is 0.246 e. The van der Waals surface area contributed by atoms with Gasteiger partial charge in [-0.15, -0.1) is 0 Å². The molecule has 1 saturated heterocycles. The van der Waals surface area contributed by atoms with E-state index in [4.69, 9.17) is 4.74 Å². The van der Waals surface area contributed by atoms with Crippen molar-refractivity contribution in [1.29, 1.82) is 0 Å². The number of nitrogens with one attached hydrogen (secondary N) is 1. The predicted octanol–water partition coefficient (Wildman–Crippen LogP) is 1.25. The van der Waals surface area contributed by atoms with Crippen LogP contribution in [0.4, 0.5) is 5.69 Å². The van der Waals surface area contributed by atoms with Crippen molar-refractivity contribution in [2.45, 2.75) is 30.7 Å². The van der Waals surface area contributed by atoms with Crippen LogP contribution in [0.15, 0.2) is 35.5 Å². The number of aryl methyl sites for hydroxylation is 1. The highest BCUT2D eigenvalue weighted by molar-refractivity contribution is 7.89. The van der Waals surface area contributed by atoms with Crippen LogP contribution >= 0.6 is 0 Å². The highest BCUT2D eigenvalue weighted by Gasteiger charge is 2.36. The van der Waals surface area contributed by atoms with E-state index in [9.17, 15) is 13.2 Å². The second-order valence-corrected chi connectivity index (χ2v) is 10.0. The zero-order chi connectivity index (χ0) is 21.5. The van der Waals surface area contributed by atoms with E-state index < -0.39 is 10.0 Å². The van der Waals surface area contributed by atoms with E-state index in [0.717, 1.165) is 5.56 Å². The lowest BCUT2D eigenvalue weighted by molar-refractivity contribution is -0.118. The van der Waals surface area contributed by atoms with Gasteiger partial charge in [-0.2, -0.15) is 9.40 Å². The van der Waals surface area contributed by atoms with Crippen LogP contribution in [0.5, 0.6) is 5.75 Å². The Morgan fingerprint density at radius 3 is 2.77 bits per heavy atom. The Morgan fingerprint density at radius 2 is 2.07 bits per heavy atom. The first-order valence-corrected chi connectivity index (χ1v) is 11.5. The molecule has 1 amide bonds. The van der Waals surface area contributed by atoms with E-state index in [1.807, 2.05) is 23.1 Å². The maximum absolute atomic E-state index is 13.0. The normalized spacial score (nSPS) is 21.1. The van der Waals surface area contributed by atoms with Gasteiger partial charge in [-0.05, 0) is 23.6 Å². The number of hydrogen-bond donors (Lipinski definition) is 1. The third-order valence-electron chi connectivity index (χ3n) is 5.61. The Bertz CT molecular complexity index is 1050. The van der Waals surface area contributed by atoms with Crippen molar-refractivity contribution < 1.29 is 17.9 Å². The molecule has 10 heteroatoms. The summed E-state index contributed by atoms with van der Waals surface area (Å²) < 4.78 is 34.9. The van der Waals surface area contributed by atoms with Crippen LogP contribution in [0.25, 0.3) is 0 Å². The molecule has 2 aromatic rings. The fourth-order valence-electron chi connectivity index (χ4n) is 3.82. The van der Waals surface area contributed by atoms with Crippen molar-refractivity contribution in [3.05, 3.63) is 36.2 Å². The summed E-state index contributed by atoms with van der Waals surface area (Å²) in [4.78, 5) is 14.8. The summed E-state index contributed by atoms with van der Waals surface area (Å²) in [7, 11) is -1.96. The summed E-state index contributed by atoms with van der Waals surface area (Å²) in [6.45, 7) is 5.69. The predicted molar refractivity (Wildman–Crippen MR) is 112 cm³/mol. The van der Waals surface area contributed by atoms with Gasteiger partial charge in [0.1, 0.15) is 17.3 Å². The molecule has 2 aliphatic heterocycles. The van der Waals surface area contributed by atoms with Crippen LogP contribution in [-0.4, -0.2) is 72.1 Å². The number of anilines is 1. The van der Waals surface area contributed by atoms with Gasteiger partial charge in [-0.25, -0.2) is 8.42 Å². The molecule has 1 aromatic carbocycles. The second-order valence-electron chi connectivity index (χ2n) is 8.11. The fourth-order valence-corrected chi connectivity index (χ4v) is 5.28. The number of amides is 1. The summed E-state index contributed by atoms with van der Waals surface area (Å²) in [6.07, 6.45) is 2.86. The van der Waals surface area contributed by atoms with Crippen LogP contribution < -0.4 is 10.1 Å². The Morgan fingerprint density at radius 1 is 1.27 bits per heavy atom. The fraction of sp³-hybridized carbons (Fsp3) is 0.500. The molecule has 30 heavy (non-hydrogen) atoms. The van der Waals surface area contributed by atoms with Crippen molar-refractivity contribution in [3.63, 3.8) is 0 Å². The minimum atomic E-state index is -3.64. The third-order valence-corrected chi connectivity index (χ3v) is 7.43. The number of carbonyl (C=O) groups is 1. The lowest BCUT2D eigenvalue weighted by Crippen LogP contribution is -2.57. The quantitative estimate of drug-likeness (QED) is 0.783. The van der Waals surface area contributed by atoms with Gasteiger partial charge in [-0.1, -0.05) is 19.9 Å². The van der Waals surface area contributed by atoms with Crippen LogP contribution in [0.1, 0.15) is 25.3 Å². The summed E-state index contributed by atoms with van der Waals surface area (Å²) in [5.41, 5.74) is 1.77. The highest BCUT2D eigenvalue weighted by atomic mass is 32.2. The van der Waals surface area contributed by atoms with E-state index in [1.54, 1.807) is 7.05 Å². The van der Waals surface area contributed by atoms with Gasteiger partial charge in [-0.3, -0.25) is 14.4 Å². The van der Waals surface area contributed by atoms with Crippen molar-refractivity contribution in [2.24, 2.45) is 7.05 Å². The van der Waals surface area contributed by atoms with Gasteiger partial charge in [0.15, 0.2) is 0 Å². The first-order valence-electron chi connectivity index (χ1n) is 10.0. The number of aromatic nitrogens is 2. The molecule has 9 nitrogen and oxygen atoms in total. The first-order chi connectivity index (χ1) is 14.2. The Balaban J connectivity index is 1.56. The molecule has 0 aliphatic carbocycles. The average molecular weight is 434 g/mol. The molecule has 1 N–H and O–H groups in total. The van der Waals surface area contributed by atoms with Crippen molar-refractivity contribution in [1.82, 2.24) is 19.0 Å². The van der Waals surface area contributed by atoms with Gasteiger partial charge < -0.3 is 10.1 Å². The third kappa shape index (κ3) is 4.07. The lowest BCUT2D eigenvalue weighted by atomic mass is 10.0. The van der Waals surface area contributed by atoms with Gasteiger partial charge in [0.25, 0.3) is 0 Å². The zero-order valence-electron chi connectivity index (χ0n) is 17.4. The number of rotatable bonds is 3. The summed E-state index contributed by atoms with van der Waals surface area (Å²) in [5, 5.41) is 6.93. The number of carbonyl (C=O) groups excluding carboxylic acids is 1. The van der Waals surface area contributed by atoms with Gasteiger partial charge >= 0.3 is 0 Å². The van der Waals surface area contributed by atoms with Crippen LogP contribution in [0.2, 0.25) is 0 Å². The smallest absolute Gasteiger partial charge is 0.246 e. The number of fused-ring (bicyclic) bond motifs is 2. The van der Waals surface area contributed by atoms with Crippen molar-refractivity contribution in [3.8, 4) is 5.75 Å². The van der Waals surface area contributed by atoms with Crippen LogP contribution in [0.3, 0.4) is 0 Å². The minimum absolute atomic E-state index is 0.128. The molecule has 0 bridgehead atoms. The molecule has 2 aliphatic rings. The number of piperazine rings is 1. The number of ether oxygens (including phenoxy) is 1. The van der Waals surface area contributed by atoms with Crippen molar-refractivity contribution >= 4 is 21.6 Å². The zero-order valence-corrected chi connectivity index (χ0v) is 18.2. The topological polar surface area (TPSA) is 96.8 Å². The highest BCUT2D eigenvalue weighted by Crippen LogP contribution is 2.31. The molecule has 0 unspecified atom stereocenters. The van der Waals surface area contributed by atoms with Crippen molar-refractivity contribution in [2.75, 3.05) is 38.1 Å². The van der Waals surface area contributed by atoms with E-state index in [0.29, 0.717) is 37.1 Å². The maximum atomic E-state index is 13.0. The molecule has 3 heterocycles. The average Bonchev–Trinajstić information content (AvgIpc) is 3.16. The van der Waals surface area contributed by atoms with Gasteiger partial charge in [0.2, 0.25) is 15.9 Å². The van der Waals surface area contributed by atoms with E-state index in [-0.39, 0.29) is 29.9 Å². The molecule has 1 aromatic heterocycles. The molecule has 162 valence electrons. The first kappa shape index (κ1) is 20.8. The molecule has 0 spiro atoms. The number of nitrogens with zero attached hydrogens (tertiary/aromatic N) is 4. The van der Waals surface area contributed by atoms with Crippen LogP contribution in [0, 0.1) is 0 Å². The molecule has 0 radical (unpaired) electrons. The molecular weight excluding hydrogens is 406 g/mol. The molecule has 1 fully saturated rings. The molecule has 0 saturated carbocycles. The minimum Gasteiger partial charge on any atom is -0.490 e. The van der Waals surface area contributed by atoms with Gasteiger partial charge in [0.05, 0.1) is 24.5 Å². The van der Waals surface area contributed by atoms with E-state index >= 15 is 0 Å². The molecular formula is C20H27N5O4S.